The number of halogens is 3. The van der Waals surface area contributed by atoms with Crippen molar-refractivity contribution >= 4 is 15.8 Å². The van der Waals surface area contributed by atoms with Crippen LogP contribution < -0.4 is 0 Å². The van der Waals surface area contributed by atoms with Crippen LogP contribution in [0, 0.1) is 5.92 Å². The molecule has 22 heavy (non-hydrogen) atoms. The molecule has 0 aliphatic carbocycles. The second-order valence-electron chi connectivity index (χ2n) is 5.40. The van der Waals surface area contributed by atoms with E-state index in [4.69, 9.17) is 0 Å². The Kier molecular flexibility index (Phi) is 4.62. The molecule has 8 heteroatoms. The number of nitrogens with zero attached hydrogens (tertiary/aromatic N) is 1. The Morgan fingerprint density at radius 2 is 1.82 bits per heavy atom. The Labute approximate surface area is 127 Å². The van der Waals surface area contributed by atoms with E-state index in [1.165, 1.54) is 4.31 Å². The first-order valence-electron chi connectivity index (χ1n) is 6.75. The van der Waals surface area contributed by atoms with E-state index in [0.717, 1.165) is 30.5 Å². The molecule has 0 spiro atoms. The van der Waals surface area contributed by atoms with Gasteiger partial charge in [0.05, 0.1) is 11.8 Å². The van der Waals surface area contributed by atoms with Gasteiger partial charge in [0.15, 0.2) is 5.78 Å². The molecule has 0 radical (unpaired) electrons. The fraction of sp³-hybridized carbons (Fsp3) is 0.500. The van der Waals surface area contributed by atoms with Crippen molar-refractivity contribution in [3.8, 4) is 0 Å². The second kappa shape index (κ2) is 6.00. The lowest BCUT2D eigenvalue weighted by atomic mass is 9.90. The van der Waals surface area contributed by atoms with Gasteiger partial charge in [-0.1, -0.05) is 12.1 Å². The fourth-order valence-electron chi connectivity index (χ4n) is 2.52. The van der Waals surface area contributed by atoms with Gasteiger partial charge in [0.2, 0.25) is 10.0 Å². The lowest BCUT2D eigenvalue weighted by molar-refractivity contribution is -0.137. The van der Waals surface area contributed by atoms with Crippen molar-refractivity contribution in [2.45, 2.75) is 19.0 Å². The molecule has 1 aliphatic rings. The highest BCUT2D eigenvalue weighted by Gasteiger charge is 2.32. The van der Waals surface area contributed by atoms with Crippen LogP contribution in [0.3, 0.4) is 0 Å². The Balaban J connectivity index is 2.14. The van der Waals surface area contributed by atoms with Crippen molar-refractivity contribution in [2.75, 3.05) is 19.3 Å². The standard InChI is InChI=1S/C14H16F3NO3S/c1-22(20,21)18-8-2-3-11(9-18)13(19)10-4-6-12(7-5-10)14(15,16)17/h4-7,11H,2-3,8-9H2,1H3/t11-/m0/s1. The van der Waals surface area contributed by atoms with E-state index in [9.17, 15) is 26.4 Å². The van der Waals surface area contributed by atoms with Crippen LogP contribution in [-0.4, -0.2) is 37.9 Å². The quantitative estimate of drug-likeness (QED) is 0.798. The molecular formula is C14H16F3NO3S. The summed E-state index contributed by atoms with van der Waals surface area (Å²) in [4.78, 5) is 12.3. The molecule has 1 aliphatic heterocycles. The van der Waals surface area contributed by atoms with E-state index in [1.54, 1.807) is 0 Å². The van der Waals surface area contributed by atoms with Gasteiger partial charge in [0.25, 0.3) is 0 Å². The van der Waals surface area contributed by atoms with Gasteiger partial charge < -0.3 is 0 Å². The van der Waals surface area contributed by atoms with E-state index in [1.807, 2.05) is 0 Å². The van der Waals surface area contributed by atoms with Gasteiger partial charge in [-0.05, 0) is 25.0 Å². The molecule has 0 unspecified atom stereocenters. The summed E-state index contributed by atoms with van der Waals surface area (Å²) < 4.78 is 61.8. The maximum Gasteiger partial charge on any atom is 0.416 e. The highest BCUT2D eigenvalue weighted by atomic mass is 32.2. The molecule has 0 saturated carbocycles. The smallest absolute Gasteiger partial charge is 0.294 e. The number of Topliss-reactive ketones (excluding diaryl/α,β-unsaturated/α-hetero) is 1. The Morgan fingerprint density at radius 1 is 1.23 bits per heavy atom. The van der Waals surface area contributed by atoms with Crippen LogP contribution >= 0.6 is 0 Å². The minimum atomic E-state index is -4.44. The van der Waals surface area contributed by atoms with Crippen LogP contribution in [0.25, 0.3) is 0 Å². The fourth-order valence-corrected chi connectivity index (χ4v) is 3.43. The highest BCUT2D eigenvalue weighted by Crippen LogP contribution is 2.30. The molecule has 2 rings (SSSR count). The van der Waals surface area contributed by atoms with Crippen molar-refractivity contribution in [2.24, 2.45) is 5.92 Å². The van der Waals surface area contributed by atoms with Crippen LogP contribution in [0.1, 0.15) is 28.8 Å². The van der Waals surface area contributed by atoms with Gasteiger partial charge in [-0.2, -0.15) is 13.2 Å². The van der Waals surface area contributed by atoms with Crippen LogP contribution in [0.5, 0.6) is 0 Å². The SMILES string of the molecule is CS(=O)(=O)N1CCC[C@H](C(=O)c2ccc(C(F)(F)F)cc2)C1. The molecule has 0 aromatic heterocycles. The summed E-state index contributed by atoms with van der Waals surface area (Å²) in [6.07, 6.45) is -2.27. The maximum atomic E-state index is 12.5. The molecular weight excluding hydrogens is 319 g/mol. The second-order valence-corrected chi connectivity index (χ2v) is 7.38. The number of hydrogen-bond acceptors (Lipinski definition) is 3. The summed E-state index contributed by atoms with van der Waals surface area (Å²) in [7, 11) is -3.37. The van der Waals surface area contributed by atoms with E-state index in [2.05, 4.69) is 0 Å². The number of hydrogen-bond donors (Lipinski definition) is 0. The largest absolute Gasteiger partial charge is 0.416 e. The summed E-state index contributed by atoms with van der Waals surface area (Å²) in [5.74, 6) is -0.831. The third-order valence-corrected chi connectivity index (χ3v) is 4.99. The zero-order valence-corrected chi connectivity index (χ0v) is 12.7. The monoisotopic (exact) mass is 335 g/mol. The van der Waals surface area contributed by atoms with Gasteiger partial charge in [-0.15, -0.1) is 0 Å². The maximum absolute atomic E-state index is 12.5. The van der Waals surface area contributed by atoms with Crippen molar-refractivity contribution in [1.82, 2.24) is 4.31 Å². The first-order chi connectivity index (χ1) is 10.1. The molecule has 0 N–H and O–H groups in total. The van der Waals surface area contributed by atoms with Gasteiger partial charge in [-0.25, -0.2) is 12.7 Å². The number of piperidine rings is 1. The number of rotatable bonds is 3. The van der Waals surface area contributed by atoms with Crippen molar-refractivity contribution in [3.05, 3.63) is 35.4 Å². The summed E-state index contributed by atoms with van der Waals surface area (Å²) in [5.41, 5.74) is -0.640. The lowest BCUT2D eigenvalue weighted by Crippen LogP contribution is -2.41. The van der Waals surface area contributed by atoms with Gasteiger partial charge in [0, 0.05) is 24.6 Å². The minimum absolute atomic E-state index is 0.0820. The average molecular weight is 335 g/mol. The van der Waals surface area contributed by atoms with E-state index >= 15 is 0 Å². The van der Waals surface area contributed by atoms with Crippen LogP contribution in [0.2, 0.25) is 0 Å². The Morgan fingerprint density at radius 3 is 2.32 bits per heavy atom. The zero-order valence-electron chi connectivity index (χ0n) is 11.9. The molecule has 1 aromatic carbocycles. The molecule has 0 amide bonds. The van der Waals surface area contributed by atoms with Crippen LogP contribution in [0.4, 0.5) is 13.2 Å². The summed E-state index contributed by atoms with van der Waals surface area (Å²) in [6.45, 7) is 0.453. The van der Waals surface area contributed by atoms with Crippen LogP contribution in [-0.2, 0) is 16.2 Å². The van der Waals surface area contributed by atoms with E-state index in [-0.39, 0.29) is 17.9 Å². The van der Waals surface area contributed by atoms with Crippen molar-refractivity contribution in [3.63, 3.8) is 0 Å². The summed E-state index contributed by atoms with van der Waals surface area (Å²) in [5, 5.41) is 0. The number of sulfonamides is 1. The van der Waals surface area contributed by atoms with Crippen LogP contribution in [0.15, 0.2) is 24.3 Å². The molecule has 0 bridgehead atoms. The number of benzene rings is 1. The molecule has 1 atom stereocenters. The number of carbonyl (C=O) groups excluding carboxylic acids is 1. The van der Waals surface area contributed by atoms with Crippen molar-refractivity contribution < 1.29 is 26.4 Å². The number of alkyl halides is 3. The molecule has 4 nitrogen and oxygen atoms in total. The first kappa shape index (κ1) is 17.0. The lowest BCUT2D eigenvalue weighted by Gasteiger charge is -2.30. The van der Waals surface area contributed by atoms with E-state index < -0.39 is 27.7 Å². The molecule has 1 fully saturated rings. The zero-order chi connectivity index (χ0) is 16.5. The minimum Gasteiger partial charge on any atom is -0.294 e. The number of ketones is 1. The van der Waals surface area contributed by atoms with Gasteiger partial charge in [-0.3, -0.25) is 4.79 Å². The average Bonchev–Trinajstić information content (AvgIpc) is 2.45. The Hall–Kier alpha value is -1.41. The highest BCUT2D eigenvalue weighted by molar-refractivity contribution is 7.88. The molecule has 122 valence electrons. The molecule has 1 heterocycles. The Bertz CT molecular complexity index is 653. The third kappa shape index (κ3) is 3.86. The normalized spacial score (nSPS) is 20.8. The van der Waals surface area contributed by atoms with Crippen molar-refractivity contribution in [1.29, 1.82) is 0 Å². The molecule has 1 aromatic rings. The number of carbonyl (C=O) groups is 1. The summed E-state index contributed by atoms with van der Waals surface area (Å²) >= 11 is 0. The topological polar surface area (TPSA) is 54.5 Å². The third-order valence-electron chi connectivity index (χ3n) is 3.72. The summed E-state index contributed by atoms with van der Waals surface area (Å²) in [6, 6.07) is 4.02. The van der Waals surface area contributed by atoms with Gasteiger partial charge in [0.1, 0.15) is 0 Å². The predicted octanol–water partition coefficient (Wildman–Crippen LogP) is 2.56. The predicted molar refractivity (Wildman–Crippen MR) is 74.9 cm³/mol. The van der Waals surface area contributed by atoms with E-state index in [0.29, 0.717) is 19.4 Å². The molecule has 1 saturated heterocycles. The first-order valence-corrected chi connectivity index (χ1v) is 8.60. The van der Waals surface area contributed by atoms with Gasteiger partial charge >= 0.3 is 6.18 Å².